The van der Waals surface area contributed by atoms with Crippen LogP contribution >= 0.6 is 0 Å². The maximum Gasteiger partial charge on any atom is 0.214 e. The predicted molar refractivity (Wildman–Crippen MR) is 60.2 cm³/mol. The Bertz CT molecular complexity index is 290. The van der Waals surface area contributed by atoms with Crippen LogP contribution in [0.2, 0.25) is 0 Å². The summed E-state index contributed by atoms with van der Waals surface area (Å²) in [6.07, 6.45) is 3.24. The van der Waals surface area contributed by atoms with Crippen molar-refractivity contribution in [2.75, 3.05) is 19.0 Å². The molecule has 0 aliphatic heterocycles. The van der Waals surface area contributed by atoms with Crippen molar-refractivity contribution in [3.63, 3.8) is 0 Å². The lowest BCUT2D eigenvalue weighted by Crippen LogP contribution is -2.06. The van der Waals surface area contributed by atoms with Crippen LogP contribution in [-0.4, -0.2) is 29.8 Å². The zero-order chi connectivity index (χ0) is 11.1. The van der Waals surface area contributed by atoms with E-state index in [-0.39, 0.29) is 6.10 Å². The van der Waals surface area contributed by atoms with Crippen LogP contribution in [0.25, 0.3) is 0 Å². The fourth-order valence-electron chi connectivity index (χ4n) is 1.26. The number of anilines is 1. The van der Waals surface area contributed by atoms with E-state index < -0.39 is 0 Å². The molecule has 2 N–H and O–H groups in total. The summed E-state index contributed by atoms with van der Waals surface area (Å²) in [5, 5.41) is 12.3. The number of nitrogens with one attached hydrogen (secondary N) is 1. The summed E-state index contributed by atoms with van der Waals surface area (Å²) in [5.41, 5.74) is 0.993. The third kappa shape index (κ3) is 4.65. The SMILES string of the molecule is COc1cc(NCCCC(C)O)ccn1. The highest BCUT2D eigenvalue weighted by molar-refractivity contribution is 5.44. The highest BCUT2D eigenvalue weighted by atomic mass is 16.5. The van der Waals surface area contributed by atoms with Crippen molar-refractivity contribution >= 4 is 5.69 Å². The smallest absolute Gasteiger partial charge is 0.214 e. The van der Waals surface area contributed by atoms with Gasteiger partial charge in [0.1, 0.15) is 0 Å². The molecule has 1 atom stereocenters. The zero-order valence-corrected chi connectivity index (χ0v) is 9.23. The number of ether oxygens (including phenoxy) is 1. The number of methoxy groups -OCH3 is 1. The van der Waals surface area contributed by atoms with Gasteiger partial charge in [-0.25, -0.2) is 4.98 Å². The second-order valence-corrected chi connectivity index (χ2v) is 3.50. The van der Waals surface area contributed by atoms with Gasteiger partial charge in [0.2, 0.25) is 5.88 Å². The van der Waals surface area contributed by atoms with Crippen molar-refractivity contribution < 1.29 is 9.84 Å². The molecule has 1 aromatic rings. The minimum atomic E-state index is -0.223. The van der Waals surface area contributed by atoms with Gasteiger partial charge in [-0.15, -0.1) is 0 Å². The number of aliphatic hydroxyl groups excluding tert-OH is 1. The molecule has 84 valence electrons. The third-order valence-electron chi connectivity index (χ3n) is 2.07. The molecule has 1 heterocycles. The van der Waals surface area contributed by atoms with Gasteiger partial charge in [0.15, 0.2) is 0 Å². The Morgan fingerprint density at radius 3 is 3.07 bits per heavy atom. The molecule has 0 bridgehead atoms. The Morgan fingerprint density at radius 2 is 2.40 bits per heavy atom. The summed E-state index contributed by atoms with van der Waals surface area (Å²) in [7, 11) is 1.60. The molecule has 0 saturated carbocycles. The molecule has 0 aromatic carbocycles. The van der Waals surface area contributed by atoms with E-state index in [0.29, 0.717) is 5.88 Å². The van der Waals surface area contributed by atoms with Crippen LogP contribution in [0.5, 0.6) is 5.88 Å². The van der Waals surface area contributed by atoms with Gasteiger partial charge in [-0.2, -0.15) is 0 Å². The van der Waals surface area contributed by atoms with Gasteiger partial charge >= 0.3 is 0 Å². The van der Waals surface area contributed by atoms with Crippen molar-refractivity contribution in [2.24, 2.45) is 0 Å². The first-order valence-electron chi connectivity index (χ1n) is 5.14. The van der Waals surface area contributed by atoms with Gasteiger partial charge in [-0.1, -0.05) is 0 Å². The Labute approximate surface area is 90.3 Å². The third-order valence-corrected chi connectivity index (χ3v) is 2.07. The largest absolute Gasteiger partial charge is 0.481 e. The highest BCUT2D eigenvalue weighted by Gasteiger charge is 1.97. The van der Waals surface area contributed by atoms with E-state index in [1.807, 2.05) is 12.1 Å². The topological polar surface area (TPSA) is 54.4 Å². The van der Waals surface area contributed by atoms with Gasteiger partial charge in [0.05, 0.1) is 13.2 Å². The average Bonchev–Trinajstić information content (AvgIpc) is 2.24. The van der Waals surface area contributed by atoms with Gasteiger partial charge in [0, 0.05) is 24.5 Å². The van der Waals surface area contributed by atoms with E-state index in [1.54, 1.807) is 20.2 Å². The minimum absolute atomic E-state index is 0.223. The zero-order valence-electron chi connectivity index (χ0n) is 9.23. The van der Waals surface area contributed by atoms with Crippen LogP contribution in [0.4, 0.5) is 5.69 Å². The highest BCUT2D eigenvalue weighted by Crippen LogP contribution is 2.13. The fraction of sp³-hybridized carbons (Fsp3) is 0.545. The van der Waals surface area contributed by atoms with Crippen LogP contribution in [0, 0.1) is 0 Å². The number of aromatic nitrogens is 1. The van der Waals surface area contributed by atoms with Crippen LogP contribution in [0.1, 0.15) is 19.8 Å². The number of hydrogen-bond donors (Lipinski definition) is 2. The summed E-state index contributed by atoms with van der Waals surface area (Å²) in [6.45, 7) is 2.65. The number of nitrogens with zero attached hydrogens (tertiary/aromatic N) is 1. The molecule has 0 saturated heterocycles. The van der Waals surface area contributed by atoms with Crippen LogP contribution in [-0.2, 0) is 0 Å². The predicted octanol–water partition coefficient (Wildman–Crippen LogP) is 1.66. The van der Waals surface area contributed by atoms with Gasteiger partial charge in [-0.05, 0) is 25.8 Å². The maximum atomic E-state index is 9.07. The molecule has 0 fully saturated rings. The Morgan fingerprint density at radius 1 is 1.60 bits per heavy atom. The lowest BCUT2D eigenvalue weighted by atomic mass is 10.2. The van der Waals surface area contributed by atoms with E-state index >= 15 is 0 Å². The first-order chi connectivity index (χ1) is 7.22. The molecule has 0 spiro atoms. The molecule has 1 unspecified atom stereocenters. The van der Waals surface area contributed by atoms with Crippen molar-refractivity contribution in [2.45, 2.75) is 25.9 Å². The fourth-order valence-corrected chi connectivity index (χ4v) is 1.26. The summed E-state index contributed by atoms with van der Waals surface area (Å²) >= 11 is 0. The van der Waals surface area contributed by atoms with Crippen LogP contribution in [0.15, 0.2) is 18.3 Å². The molecule has 0 aliphatic carbocycles. The standard InChI is InChI=1S/C11H18N2O2/c1-9(14)4-3-6-12-10-5-7-13-11(8-10)15-2/h5,7-9,14H,3-4,6H2,1-2H3,(H,12,13). The van der Waals surface area contributed by atoms with Crippen molar-refractivity contribution in [1.29, 1.82) is 0 Å². The molecule has 4 nitrogen and oxygen atoms in total. The second kappa shape index (κ2) is 6.24. The maximum absolute atomic E-state index is 9.07. The molecule has 1 rings (SSSR count). The number of aliphatic hydroxyl groups is 1. The summed E-state index contributed by atoms with van der Waals surface area (Å²) < 4.78 is 5.01. The molecule has 4 heteroatoms. The van der Waals surface area contributed by atoms with E-state index in [9.17, 15) is 0 Å². The average molecular weight is 210 g/mol. The Kier molecular flexibility index (Phi) is 4.90. The van der Waals surface area contributed by atoms with E-state index in [4.69, 9.17) is 9.84 Å². The molecular formula is C11H18N2O2. The second-order valence-electron chi connectivity index (χ2n) is 3.50. The van der Waals surface area contributed by atoms with Crippen LogP contribution in [0.3, 0.4) is 0 Å². The molecule has 0 aliphatic rings. The Balaban J connectivity index is 2.30. The lowest BCUT2D eigenvalue weighted by Gasteiger charge is -2.08. The summed E-state index contributed by atoms with van der Waals surface area (Å²) in [5.74, 6) is 0.607. The first kappa shape index (κ1) is 11.8. The van der Waals surface area contributed by atoms with E-state index in [2.05, 4.69) is 10.3 Å². The van der Waals surface area contributed by atoms with Gasteiger partial charge < -0.3 is 15.2 Å². The quantitative estimate of drug-likeness (QED) is 0.701. The molecule has 0 radical (unpaired) electrons. The summed E-state index contributed by atoms with van der Waals surface area (Å²) in [6, 6.07) is 3.74. The molecule has 1 aromatic heterocycles. The van der Waals surface area contributed by atoms with Gasteiger partial charge in [0.25, 0.3) is 0 Å². The first-order valence-corrected chi connectivity index (χ1v) is 5.14. The minimum Gasteiger partial charge on any atom is -0.481 e. The van der Waals surface area contributed by atoms with E-state index in [0.717, 1.165) is 25.1 Å². The lowest BCUT2D eigenvalue weighted by molar-refractivity contribution is 0.183. The van der Waals surface area contributed by atoms with Crippen molar-refractivity contribution in [3.8, 4) is 5.88 Å². The van der Waals surface area contributed by atoms with E-state index in [1.165, 1.54) is 0 Å². The number of hydrogen-bond acceptors (Lipinski definition) is 4. The normalized spacial score (nSPS) is 12.2. The van der Waals surface area contributed by atoms with Crippen molar-refractivity contribution in [3.05, 3.63) is 18.3 Å². The van der Waals surface area contributed by atoms with Gasteiger partial charge in [-0.3, -0.25) is 0 Å². The Hall–Kier alpha value is -1.29. The molecular weight excluding hydrogens is 192 g/mol. The molecule has 15 heavy (non-hydrogen) atoms. The van der Waals surface area contributed by atoms with Crippen LogP contribution < -0.4 is 10.1 Å². The molecule has 0 amide bonds. The van der Waals surface area contributed by atoms with Crippen molar-refractivity contribution in [1.82, 2.24) is 4.98 Å². The number of rotatable bonds is 6. The number of pyridine rings is 1. The summed E-state index contributed by atoms with van der Waals surface area (Å²) in [4.78, 5) is 4.01. The monoisotopic (exact) mass is 210 g/mol.